The van der Waals surface area contributed by atoms with Crippen LogP contribution in [0.3, 0.4) is 0 Å². The number of nitrogens with one attached hydrogen (secondary N) is 2. The molecule has 0 aromatic carbocycles. The Balaban J connectivity index is 2.61. The number of thioether (sulfide) groups is 1. The number of nitrogens with zero attached hydrogens (tertiary/aromatic N) is 1. The molecular formula is C12H19N3O2S. The smallest absolute Gasteiger partial charge is 0.319 e. The fourth-order valence-corrected chi connectivity index (χ4v) is 1.44. The number of anilines is 1. The fraction of sp³-hybridized carbons (Fsp3) is 0.500. The molecule has 0 spiro atoms. The molecule has 2 amide bonds. The number of hydrogen-bond donors (Lipinski definition) is 2. The third-order valence-electron chi connectivity index (χ3n) is 2.60. The molecule has 0 fully saturated rings. The lowest BCUT2D eigenvalue weighted by Crippen LogP contribution is -2.39. The molecule has 1 aromatic heterocycles. The van der Waals surface area contributed by atoms with E-state index in [1.54, 1.807) is 37.1 Å². The summed E-state index contributed by atoms with van der Waals surface area (Å²) >= 11 is 1.67. The van der Waals surface area contributed by atoms with Gasteiger partial charge in [0.1, 0.15) is 5.69 Å². The van der Waals surface area contributed by atoms with E-state index in [9.17, 15) is 9.59 Å². The van der Waals surface area contributed by atoms with Gasteiger partial charge in [-0.25, -0.2) is 4.79 Å². The largest absolute Gasteiger partial charge is 0.336 e. The highest BCUT2D eigenvalue weighted by Crippen LogP contribution is 2.19. The number of urea groups is 1. The number of carbonyl (C=O) groups is 1. The van der Waals surface area contributed by atoms with Gasteiger partial charge in [-0.2, -0.15) is 11.8 Å². The minimum absolute atomic E-state index is 0.0288. The van der Waals surface area contributed by atoms with Crippen molar-refractivity contribution in [2.45, 2.75) is 18.6 Å². The summed E-state index contributed by atoms with van der Waals surface area (Å²) in [6.07, 6.45) is 3.63. The van der Waals surface area contributed by atoms with Gasteiger partial charge >= 0.3 is 6.03 Å². The highest BCUT2D eigenvalue weighted by molar-refractivity contribution is 7.99. The molecule has 1 rings (SSSR count). The molecule has 0 aliphatic heterocycles. The summed E-state index contributed by atoms with van der Waals surface area (Å²) in [6, 6.07) is 2.94. The molecule has 0 atom stereocenters. The monoisotopic (exact) mass is 269 g/mol. The van der Waals surface area contributed by atoms with Crippen molar-refractivity contribution in [1.29, 1.82) is 0 Å². The molecule has 0 bridgehead atoms. The standard InChI is InChI=1S/C12H19N3O2S/c1-12(2,18-4)8-13-11(17)14-9-6-5-7-15(3)10(9)16/h5-7H,8H2,1-4H3,(H2,13,14,17). The van der Waals surface area contributed by atoms with Crippen molar-refractivity contribution in [2.24, 2.45) is 7.05 Å². The molecule has 0 aliphatic rings. The zero-order valence-electron chi connectivity index (χ0n) is 11.1. The van der Waals surface area contributed by atoms with E-state index in [0.717, 1.165) is 0 Å². The zero-order valence-corrected chi connectivity index (χ0v) is 11.9. The van der Waals surface area contributed by atoms with Gasteiger partial charge in [0.15, 0.2) is 0 Å². The lowest BCUT2D eigenvalue weighted by Gasteiger charge is -2.22. The number of carbonyl (C=O) groups excluding carboxylic acids is 1. The van der Waals surface area contributed by atoms with Gasteiger partial charge in [0, 0.05) is 24.5 Å². The van der Waals surface area contributed by atoms with E-state index in [2.05, 4.69) is 10.6 Å². The van der Waals surface area contributed by atoms with Gasteiger partial charge in [-0.15, -0.1) is 0 Å². The molecule has 0 saturated heterocycles. The Kier molecular flexibility index (Phi) is 4.84. The van der Waals surface area contributed by atoms with Crippen molar-refractivity contribution in [1.82, 2.24) is 9.88 Å². The molecule has 0 aliphatic carbocycles. The summed E-state index contributed by atoms with van der Waals surface area (Å²) in [6.45, 7) is 4.62. The van der Waals surface area contributed by atoms with Gasteiger partial charge in [0.25, 0.3) is 5.56 Å². The van der Waals surface area contributed by atoms with Crippen molar-refractivity contribution in [3.05, 3.63) is 28.7 Å². The van der Waals surface area contributed by atoms with Crippen LogP contribution in [0.2, 0.25) is 0 Å². The van der Waals surface area contributed by atoms with Gasteiger partial charge in [-0.1, -0.05) is 0 Å². The van der Waals surface area contributed by atoms with Gasteiger partial charge in [0.2, 0.25) is 0 Å². The number of amides is 2. The Morgan fingerprint density at radius 1 is 1.50 bits per heavy atom. The second kappa shape index (κ2) is 5.95. The summed E-state index contributed by atoms with van der Waals surface area (Å²) in [7, 11) is 1.64. The molecule has 0 saturated carbocycles. The maximum absolute atomic E-state index is 11.7. The summed E-state index contributed by atoms with van der Waals surface area (Å²) < 4.78 is 1.39. The Bertz CT molecular complexity index is 482. The first-order valence-electron chi connectivity index (χ1n) is 5.61. The molecule has 6 heteroatoms. The molecule has 1 aromatic rings. The minimum atomic E-state index is -0.361. The first-order valence-corrected chi connectivity index (χ1v) is 6.84. The Morgan fingerprint density at radius 3 is 2.78 bits per heavy atom. The Morgan fingerprint density at radius 2 is 2.17 bits per heavy atom. The first kappa shape index (κ1) is 14.6. The normalized spacial score (nSPS) is 11.1. The topological polar surface area (TPSA) is 63.1 Å². The van der Waals surface area contributed by atoms with E-state index in [1.165, 1.54) is 4.57 Å². The number of aryl methyl sites for hydroxylation is 1. The molecule has 0 radical (unpaired) electrons. The maximum Gasteiger partial charge on any atom is 0.319 e. The van der Waals surface area contributed by atoms with Crippen molar-refractivity contribution in [3.63, 3.8) is 0 Å². The van der Waals surface area contributed by atoms with E-state index in [0.29, 0.717) is 6.54 Å². The van der Waals surface area contributed by atoms with Crippen molar-refractivity contribution in [2.75, 3.05) is 18.1 Å². The van der Waals surface area contributed by atoms with Crippen LogP contribution in [0.25, 0.3) is 0 Å². The highest BCUT2D eigenvalue weighted by atomic mass is 32.2. The molecule has 100 valence electrons. The van der Waals surface area contributed by atoms with Crippen LogP contribution < -0.4 is 16.2 Å². The third kappa shape index (κ3) is 4.10. The second-order valence-corrected chi connectivity index (χ2v) is 6.12. The summed E-state index contributed by atoms with van der Waals surface area (Å²) in [4.78, 5) is 23.3. The van der Waals surface area contributed by atoms with E-state index in [-0.39, 0.29) is 22.0 Å². The fourth-order valence-electron chi connectivity index (χ4n) is 1.22. The number of hydrogen-bond acceptors (Lipinski definition) is 3. The van der Waals surface area contributed by atoms with Crippen molar-refractivity contribution in [3.8, 4) is 0 Å². The quantitative estimate of drug-likeness (QED) is 0.873. The predicted molar refractivity (Wildman–Crippen MR) is 76.3 cm³/mol. The zero-order chi connectivity index (χ0) is 13.8. The molecule has 5 nitrogen and oxygen atoms in total. The average molecular weight is 269 g/mol. The van der Waals surface area contributed by atoms with E-state index < -0.39 is 0 Å². The van der Waals surface area contributed by atoms with E-state index in [4.69, 9.17) is 0 Å². The predicted octanol–water partition coefficient (Wildman–Crippen LogP) is 1.65. The van der Waals surface area contributed by atoms with Crippen LogP contribution >= 0.6 is 11.8 Å². The first-order chi connectivity index (χ1) is 8.35. The average Bonchev–Trinajstić information content (AvgIpc) is 2.33. The van der Waals surface area contributed by atoms with Crippen LogP contribution in [0.1, 0.15) is 13.8 Å². The lowest BCUT2D eigenvalue weighted by atomic mass is 10.2. The van der Waals surface area contributed by atoms with Crippen LogP contribution in [0, 0.1) is 0 Å². The van der Waals surface area contributed by atoms with Crippen molar-refractivity contribution >= 4 is 23.5 Å². The van der Waals surface area contributed by atoms with E-state index in [1.807, 2.05) is 20.1 Å². The van der Waals surface area contributed by atoms with Crippen LogP contribution in [-0.4, -0.2) is 28.1 Å². The summed E-state index contributed by atoms with van der Waals surface area (Å²) in [5, 5.41) is 5.31. The van der Waals surface area contributed by atoms with Gasteiger partial charge in [0.05, 0.1) is 0 Å². The number of rotatable bonds is 4. The van der Waals surface area contributed by atoms with Crippen LogP contribution in [0.4, 0.5) is 10.5 Å². The van der Waals surface area contributed by atoms with Gasteiger partial charge < -0.3 is 15.2 Å². The van der Waals surface area contributed by atoms with Gasteiger partial charge in [-0.05, 0) is 32.2 Å². The number of aromatic nitrogens is 1. The van der Waals surface area contributed by atoms with Crippen LogP contribution in [0.5, 0.6) is 0 Å². The minimum Gasteiger partial charge on any atom is -0.336 e. The highest BCUT2D eigenvalue weighted by Gasteiger charge is 2.17. The SMILES string of the molecule is CSC(C)(C)CNC(=O)Nc1cccn(C)c1=O. The Hall–Kier alpha value is -1.43. The van der Waals surface area contributed by atoms with E-state index >= 15 is 0 Å². The molecular weight excluding hydrogens is 250 g/mol. The molecule has 1 heterocycles. The third-order valence-corrected chi connectivity index (χ3v) is 3.85. The Labute approximate surface area is 111 Å². The number of pyridine rings is 1. The maximum atomic E-state index is 11.7. The van der Waals surface area contributed by atoms with Crippen LogP contribution in [0.15, 0.2) is 23.1 Å². The molecule has 0 unspecified atom stereocenters. The van der Waals surface area contributed by atoms with Crippen molar-refractivity contribution < 1.29 is 4.79 Å². The van der Waals surface area contributed by atoms with Gasteiger partial charge in [-0.3, -0.25) is 4.79 Å². The van der Waals surface area contributed by atoms with Crippen LogP contribution in [-0.2, 0) is 7.05 Å². The summed E-state index contributed by atoms with van der Waals surface area (Å²) in [5.74, 6) is 0. The molecule has 2 N–H and O–H groups in total. The molecule has 18 heavy (non-hydrogen) atoms. The summed E-state index contributed by atoms with van der Waals surface area (Å²) in [5.41, 5.74) is 0.0521. The second-order valence-electron chi connectivity index (χ2n) is 4.61. The lowest BCUT2D eigenvalue weighted by molar-refractivity contribution is 0.251.